The summed E-state index contributed by atoms with van der Waals surface area (Å²) in [7, 11) is 0. The van der Waals surface area contributed by atoms with E-state index in [1.165, 1.54) is 11.3 Å². The Morgan fingerprint density at radius 2 is 2.18 bits per heavy atom. The van der Waals surface area contributed by atoms with Crippen LogP contribution in [0.5, 0.6) is 0 Å². The Kier molecular flexibility index (Phi) is 4.32. The van der Waals surface area contributed by atoms with Gasteiger partial charge in [0.1, 0.15) is 12.0 Å². The summed E-state index contributed by atoms with van der Waals surface area (Å²) in [6, 6.07) is 0.0393. The number of Topliss-reactive ketones (excluding diaryl/α,β-unsaturated/α-hetero) is 1. The van der Waals surface area contributed by atoms with E-state index in [-0.39, 0.29) is 30.8 Å². The molecule has 0 unspecified atom stereocenters. The summed E-state index contributed by atoms with van der Waals surface area (Å²) >= 11 is 1.49. The Hall–Kier alpha value is -1.27. The lowest BCUT2D eigenvalue weighted by atomic mass is 9.91. The van der Waals surface area contributed by atoms with Crippen LogP contribution in [-0.4, -0.2) is 30.6 Å². The number of rotatable bonds is 5. The van der Waals surface area contributed by atoms with Gasteiger partial charge in [0.25, 0.3) is 0 Å². The number of ether oxygens (including phenoxy) is 1. The zero-order chi connectivity index (χ0) is 15.9. The van der Waals surface area contributed by atoms with Crippen LogP contribution in [0.2, 0.25) is 0 Å². The third-order valence-corrected chi connectivity index (χ3v) is 5.60. The Morgan fingerprint density at radius 1 is 1.45 bits per heavy atom. The van der Waals surface area contributed by atoms with Crippen LogP contribution in [0.25, 0.3) is 0 Å². The molecule has 1 heterocycles. The second-order valence-electron chi connectivity index (χ2n) is 6.03. The van der Waals surface area contributed by atoms with Gasteiger partial charge in [0.05, 0.1) is 18.1 Å². The van der Waals surface area contributed by atoms with Gasteiger partial charge in [0.15, 0.2) is 0 Å². The predicted molar refractivity (Wildman–Crippen MR) is 82.0 cm³/mol. The van der Waals surface area contributed by atoms with Gasteiger partial charge in [-0.3, -0.25) is 4.79 Å². The fraction of sp³-hybridized carbons (Fsp3) is 0.625. The zero-order valence-corrected chi connectivity index (χ0v) is 13.4. The summed E-state index contributed by atoms with van der Waals surface area (Å²) < 4.78 is 18.2. The average molecular weight is 325 g/mol. The van der Waals surface area contributed by atoms with E-state index < -0.39 is 12.1 Å². The number of ketones is 1. The van der Waals surface area contributed by atoms with Crippen LogP contribution in [0.15, 0.2) is 0 Å². The summed E-state index contributed by atoms with van der Waals surface area (Å²) in [4.78, 5) is 26.2. The van der Waals surface area contributed by atoms with Crippen molar-refractivity contribution in [2.75, 3.05) is 6.61 Å². The van der Waals surface area contributed by atoms with Crippen LogP contribution in [0.3, 0.4) is 0 Å². The molecule has 1 aromatic heterocycles. The third kappa shape index (κ3) is 2.94. The van der Waals surface area contributed by atoms with Gasteiger partial charge < -0.3 is 10.5 Å². The zero-order valence-electron chi connectivity index (χ0n) is 12.6. The van der Waals surface area contributed by atoms with E-state index in [4.69, 9.17) is 10.5 Å². The Bertz CT molecular complexity index is 613. The minimum atomic E-state index is -0.999. The van der Waals surface area contributed by atoms with Gasteiger partial charge in [-0.05, 0) is 38.2 Å². The lowest BCUT2D eigenvalue weighted by molar-refractivity contribution is -0.119. The molecule has 120 valence electrons. The minimum Gasteiger partial charge on any atom is -0.462 e. The van der Waals surface area contributed by atoms with E-state index in [9.17, 15) is 14.0 Å². The molecule has 2 aliphatic carbocycles. The molecule has 0 amide bonds. The maximum atomic E-state index is 13.1. The molecule has 0 bridgehead atoms. The van der Waals surface area contributed by atoms with Gasteiger partial charge in [-0.2, -0.15) is 0 Å². The van der Waals surface area contributed by atoms with Crippen LogP contribution in [0.4, 0.5) is 4.39 Å². The first-order valence-electron chi connectivity index (χ1n) is 7.74. The molecule has 1 aromatic rings. The molecule has 3 rings (SSSR count). The minimum absolute atomic E-state index is 0.0393. The fourth-order valence-electron chi connectivity index (χ4n) is 3.02. The molecule has 4 nitrogen and oxygen atoms in total. The number of aryl methyl sites for hydroxylation is 1. The average Bonchev–Trinajstić information content (AvgIpc) is 3.09. The van der Waals surface area contributed by atoms with Crippen LogP contribution < -0.4 is 5.73 Å². The number of nitrogens with two attached hydrogens (primary N) is 1. The quantitative estimate of drug-likeness (QED) is 0.843. The summed E-state index contributed by atoms with van der Waals surface area (Å²) in [5.41, 5.74) is 7.47. The topological polar surface area (TPSA) is 69.4 Å². The van der Waals surface area contributed by atoms with E-state index in [1.54, 1.807) is 6.92 Å². The molecule has 3 atom stereocenters. The van der Waals surface area contributed by atoms with Crippen molar-refractivity contribution in [1.29, 1.82) is 0 Å². The van der Waals surface area contributed by atoms with Gasteiger partial charge in [-0.15, -0.1) is 11.3 Å². The highest BCUT2D eigenvalue weighted by Gasteiger charge is 2.43. The van der Waals surface area contributed by atoms with Crippen molar-refractivity contribution in [2.24, 2.45) is 11.7 Å². The lowest BCUT2D eigenvalue weighted by Gasteiger charge is -2.18. The largest absolute Gasteiger partial charge is 0.462 e. The van der Waals surface area contributed by atoms with Crippen molar-refractivity contribution in [1.82, 2.24) is 0 Å². The summed E-state index contributed by atoms with van der Waals surface area (Å²) in [5, 5.41) is 0. The van der Waals surface area contributed by atoms with Crippen molar-refractivity contribution in [3.8, 4) is 0 Å². The highest BCUT2D eigenvalue weighted by atomic mass is 32.1. The highest BCUT2D eigenvalue weighted by molar-refractivity contribution is 7.12. The van der Waals surface area contributed by atoms with Crippen LogP contribution >= 0.6 is 11.3 Å². The molecule has 0 aromatic carbocycles. The third-order valence-electron chi connectivity index (χ3n) is 4.31. The van der Waals surface area contributed by atoms with Crippen LogP contribution in [0.1, 0.15) is 45.4 Å². The second-order valence-corrected chi connectivity index (χ2v) is 7.22. The molecular formula is C16H20FNO3S. The maximum absolute atomic E-state index is 13.1. The molecule has 0 radical (unpaired) electrons. The number of esters is 1. The smallest absolute Gasteiger partial charge is 0.339 e. The molecule has 1 fully saturated rings. The van der Waals surface area contributed by atoms with Crippen LogP contribution in [-0.2, 0) is 28.8 Å². The Balaban J connectivity index is 1.90. The first kappa shape index (κ1) is 15.6. The van der Waals surface area contributed by atoms with Gasteiger partial charge in [0, 0.05) is 22.2 Å². The molecule has 2 N–H and O–H groups in total. The summed E-state index contributed by atoms with van der Waals surface area (Å²) in [5.74, 6) is -0.970. The van der Waals surface area contributed by atoms with E-state index >= 15 is 0 Å². The standard InChI is InChI=1S/C16H20FNO3S/c1-2-21-16(20)15-10-5-8(18)3-4-13(10)22-14(15)7-12(19)9-6-11(9)17/h8-9,11H,2-7,18H2,1H3/t8-,9-,11-/m0/s1. The summed E-state index contributed by atoms with van der Waals surface area (Å²) in [6.45, 7) is 2.04. The lowest BCUT2D eigenvalue weighted by Crippen LogP contribution is -2.28. The van der Waals surface area contributed by atoms with Gasteiger partial charge in [0.2, 0.25) is 0 Å². The van der Waals surface area contributed by atoms with E-state index in [2.05, 4.69) is 0 Å². The van der Waals surface area contributed by atoms with Crippen molar-refractivity contribution >= 4 is 23.1 Å². The molecule has 6 heteroatoms. The highest BCUT2D eigenvalue weighted by Crippen LogP contribution is 2.39. The molecule has 22 heavy (non-hydrogen) atoms. The molecule has 0 saturated heterocycles. The monoisotopic (exact) mass is 325 g/mol. The first-order chi connectivity index (χ1) is 10.5. The van der Waals surface area contributed by atoms with Gasteiger partial charge >= 0.3 is 5.97 Å². The van der Waals surface area contributed by atoms with Gasteiger partial charge in [-0.1, -0.05) is 0 Å². The molecule has 2 aliphatic rings. The predicted octanol–water partition coefficient (Wildman–Crippen LogP) is 2.21. The normalized spacial score (nSPS) is 26.4. The van der Waals surface area contributed by atoms with Crippen molar-refractivity contribution in [3.05, 3.63) is 20.9 Å². The molecule has 0 spiro atoms. The van der Waals surface area contributed by atoms with E-state index in [0.29, 0.717) is 18.4 Å². The Morgan fingerprint density at radius 3 is 2.82 bits per heavy atom. The number of thiophene rings is 1. The van der Waals surface area contributed by atoms with Crippen molar-refractivity contribution < 1.29 is 18.7 Å². The number of hydrogen-bond donors (Lipinski definition) is 1. The number of carbonyl (C=O) groups is 2. The molecule has 0 aliphatic heterocycles. The van der Waals surface area contributed by atoms with E-state index in [1.807, 2.05) is 0 Å². The van der Waals surface area contributed by atoms with E-state index in [0.717, 1.165) is 28.2 Å². The Labute approximate surface area is 132 Å². The number of carbonyl (C=O) groups excluding carboxylic acids is 2. The fourth-order valence-corrected chi connectivity index (χ4v) is 4.37. The SMILES string of the molecule is CCOC(=O)c1c(CC(=O)[C@H]2C[C@@H]2F)sc2c1C[C@@H](N)CC2. The molecular weight excluding hydrogens is 305 g/mol. The number of alkyl halides is 1. The molecule has 1 saturated carbocycles. The van der Waals surface area contributed by atoms with Crippen molar-refractivity contribution in [2.45, 2.75) is 51.2 Å². The number of hydrogen-bond acceptors (Lipinski definition) is 5. The van der Waals surface area contributed by atoms with Gasteiger partial charge in [-0.25, -0.2) is 9.18 Å². The van der Waals surface area contributed by atoms with Crippen LogP contribution in [0, 0.1) is 5.92 Å². The second kappa shape index (κ2) is 6.08. The summed E-state index contributed by atoms with van der Waals surface area (Å²) in [6.07, 6.45) is 1.82. The number of fused-ring (bicyclic) bond motifs is 1. The maximum Gasteiger partial charge on any atom is 0.339 e. The van der Waals surface area contributed by atoms with Crippen molar-refractivity contribution in [3.63, 3.8) is 0 Å². The number of halogens is 1. The first-order valence-corrected chi connectivity index (χ1v) is 8.55.